The van der Waals surface area contributed by atoms with Gasteiger partial charge in [0.1, 0.15) is 6.61 Å². The van der Waals surface area contributed by atoms with Gasteiger partial charge in [-0.2, -0.15) is 0 Å². The third-order valence-electron chi connectivity index (χ3n) is 2.57. The number of nitrogens with zero attached hydrogens (tertiary/aromatic N) is 1. The molecule has 0 aliphatic carbocycles. The molecule has 3 rings (SSSR count). The second-order valence-electron chi connectivity index (χ2n) is 3.89. The SMILES string of the molecule is Nc1nc2ccc(C(=O)OCc3cccs3)cc2s1. The largest absolute Gasteiger partial charge is 0.456 e. The van der Waals surface area contributed by atoms with E-state index in [1.165, 1.54) is 11.3 Å². The van der Waals surface area contributed by atoms with E-state index in [1.807, 2.05) is 17.5 Å². The van der Waals surface area contributed by atoms with Crippen LogP contribution < -0.4 is 5.73 Å². The minimum Gasteiger partial charge on any atom is -0.456 e. The van der Waals surface area contributed by atoms with Crippen molar-refractivity contribution in [3.8, 4) is 0 Å². The zero-order valence-electron chi connectivity index (χ0n) is 9.83. The van der Waals surface area contributed by atoms with Crippen molar-refractivity contribution in [3.63, 3.8) is 0 Å². The molecule has 0 unspecified atom stereocenters. The van der Waals surface area contributed by atoms with Crippen molar-refractivity contribution >= 4 is 44.0 Å². The zero-order valence-corrected chi connectivity index (χ0v) is 11.5. The molecule has 2 aromatic heterocycles. The fourth-order valence-corrected chi connectivity index (χ4v) is 3.07. The maximum atomic E-state index is 11.9. The standard InChI is InChI=1S/C13H10N2O2S2/c14-13-15-10-4-3-8(6-11(10)19-13)12(16)17-7-9-2-1-5-18-9/h1-6H,7H2,(H2,14,15). The minimum absolute atomic E-state index is 0.305. The third-order valence-corrected chi connectivity index (χ3v) is 4.26. The van der Waals surface area contributed by atoms with E-state index in [0.29, 0.717) is 17.3 Å². The number of ether oxygens (including phenoxy) is 1. The number of hydrogen-bond acceptors (Lipinski definition) is 6. The van der Waals surface area contributed by atoms with Crippen molar-refractivity contribution in [1.29, 1.82) is 0 Å². The van der Waals surface area contributed by atoms with Crippen molar-refractivity contribution < 1.29 is 9.53 Å². The Kier molecular flexibility index (Phi) is 3.18. The van der Waals surface area contributed by atoms with E-state index >= 15 is 0 Å². The average Bonchev–Trinajstić information content (AvgIpc) is 3.02. The number of nitrogens with two attached hydrogens (primary N) is 1. The molecule has 2 N–H and O–H groups in total. The van der Waals surface area contributed by atoms with Crippen LogP contribution in [0.15, 0.2) is 35.7 Å². The first kappa shape index (κ1) is 12.1. The molecule has 0 bridgehead atoms. The summed E-state index contributed by atoms with van der Waals surface area (Å²) in [4.78, 5) is 17.1. The van der Waals surface area contributed by atoms with Crippen LogP contribution in [0.2, 0.25) is 0 Å². The molecule has 0 saturated carbocycles. The van der Waals surface area contributed by atoms with Gasteiger partial charge in [-0.1, -0.05) is 17.4 Å². The number of hydrogen-bond donors (Lipinski definition) is 1. The van der Waals surface area contributed by atoms with E-state index in [1.54, 1.807) is 29.5 Å². The molecule has 96 valence electrons. The summed E-state index contributed by atoms with van der Waals surface area (Å²) in [5.74, 6) is -0.331. The number of esters is 1. The highest BCUT2D eigenvalue weighted by atomic mass is 32.1. The number of nitrogen functional groups attached to an aromatic ring is 1. The van der Waals surface area contributed by atoms with Gasteiger partial charge >= 0.3 is 5.97 Å². The molecule has 0 spiro atoms. The highest BCUT2D eigenvalue weighted by molar-refractivity contribution is 7.22. The van der Waals surface area contributed by atoms with E-state index in [4.69, 9.17) is 10.5 Å². The Balaban J connectivity index is 1.77. The number of rotatable bonds is 3. The molecule has 1 aromatic carbocycles. The van der Waals surface area contributed by atoms with Gasteiger partial charge < -0.3 is 10.5 Å². The minimum atomic E-state index is -0.331. The lowest BCUT2D eigenvalue weighted by molar-refractivity contribution is 0.0477. The number of anilines is 1. The molecular formula is C13H10N2O2S2. The van der Waals surface area contributed by atoms with E-state index in [2.05, 4.69) is 4.98 Å². The summed E-state index contributed by atoms with van der Waals surface area (Å²) >= 11 is 2.92. The third kappa shape index (κ3) is 2.59. The van der Waals surface area contributed by atoms with Crippen molar-refractivity contribution in [2.24, 2.45) is 0 Å². The topological polar surface area (TPSA) is 65.2 Å². The first-order valence-electron chi connectivity index (χ1n) is 5.58. The number of benzene rings is 1. The van der Waals surface area contributed by atoms with Crippen LogP contribution in [0.4, 0.5) is 5.13 Å². The second-order valence-corrected chi connectivity index (χ2v) is 5.98. The average molecular weight is 290 g/mol. The molecule has 19 heavy (non-hydrogen) atoms. The smallest absolute Gasteiger partial charge is 0.338 e. The van der Waals surface area contributed by atoms with Gasteiger partial charge in [0.05, 0.1) is 15.8 Å². The second kappa shape index (κ2) is 4.99. The number of fused-ring (bicyclic) bond motifs is 1. The van der Waals surface area contributed by atoms with E-state index < -0.39 is 0 Å². The molecule has 0 amide bonds. The normalized spacial score (nSPS) is 10.7. The van der Waals surface area contributed by atoms with E-state index in [-0.39, 0.29) is 5.97 Å². The van der Waals surface area contributed by atoms with Crippen molar-refractivity contribution in [1.82, 2.24) is 4.98 Å². The van der Waals surface area contributed by atoms with Gasteiger partial charge in [-0.15, -0.1) is 11.3 Å². The molecule has 6 heteroatoms. The number of thiophene rings is 1. The van der Waals surface area contributed by atoms with Crippen LogP contribution >= 0.6 is 22.7 Å². The van der Waals surface area contributed by atoms with Gasteiger partial charge in [-0.3, -0.25) is 0 Å². The lowest BCUT2D eigenvalue weighted by atomic mass is 10.2. The molecule has 0 fully saturated rings. The Morgan fingerprint density at radius 1 is 1.37 bits per heavy atom. The summed E-state index contributed by atoms with van der Waals surface area (Å²) in [6.07, 6.45) is 0. The summed E-state index contributed by atoms with van der Waals surface area (Å²) in [5, 5.41) is 2.45. The Hall–Kier alpha value is -1.92. The number of thiazole rings is 1. The molecular weight excluding hydrogens is 280 g/mol. The van der Waals surface area contributed by atoms with Gasteiger partial charge in [-0.05, 0) is 29.6 Å². The first-order chi connectivity index (χ1) is 9.22. The number of carbonyl (C=O) groups excluding carboxylic acids is 1. The molecule has 0 radical (unpaired) electrons. The van der Waals surface area contributed by atoms with Gasteiger partial charge in [0.25, 0.3) is 0 Å². The molecule has 0 atom stereocenters. The van der Waals surface area contributed by atoms with Crippen LogP contribution in [0, 0.1) is 0 Å². The number of carbonyl (C=O) groups is 1. The van der Waals surface area contributed by atoms with Crippen molar-refractivity contribution in [2.75, 3.05) is 5.73 Å². The lowest BCUT2D eigenvalue weighted by Crippen LogP contribution is -2.04. The molecule has 0 saturated heterocycles. The highest BCUT2D eigenvalue weighted by Crippen LogP contribution is 2.25. The van der Waals surface area contributed by atoms with Crippen LogP contribution in [0.3, 0.4) is 0 Å². The van der Waals surface area contributed by atoms with Gasteiger partial charge in [-0.25, -0.2) is 9.78 Å². The Bertz CT molecular complexity index is 719. The van der Waals surface area contributed by atoms with Gasteiger partial charge in [0.15, 0.2) is 5.13 Å². The fraction of sp³-hybridized carbons (Fsp3) is 0.0769. The maximum Gasteiger partial charge on any atom is 0.338 e. The Labute approximate surface area is 117 Å². The fourth-order valence-electron chi connectivity index (χ4n) is 1.68. The predicted molar refractivity (Wildman–Crippen MR) is 77.5 cm³/mol. The van der Waals surface area contributed by atoms with Crippen LogP contribution in [-0.2, 0) is 11.3 Å². The van der Waals surface area contributed by atoms with Gasteiger partial charge in [0.2, 0.25) is 0 Å². The van der Waals surface area contributed by atoms with E-state index in [9.17, 15) is 4.79 Å². The van der Waals surface area contributed by atoms with Crippen molar-refractivity contribution in [2.45, 2.75) is 6.61 Å². The maximum absolute atomic E-state index is 11.9. The van der Waals surface area contributed by atoms with Crippen LogP contribution in [0.5, 0.6) is 0 Å². The quantitative estimate of drug-likeness (QED) is 0.752. The Morgan fingerprint density at radius 3 is 3.05 bits per heavy atom. The highest BCUT2D eigenvalue weighted by Gasteiger charge is 2.10. The van der Waals surface area contributed by atoms with Gasteiger partial charge in [0, 0.05) is 4.88 Å². The van der Waals surface area contributed by atoms with E-state index in [0.717, 1.165) is 15.1 Å². The summed E-state index contributed by atoms with van der Waals surface area (Å²) in [6.45, 7) is 0.305. The summed E-state index contributed by atoms with van der Waals surface area (Å²) in [7, 11) is 0. The molecule has 0 aliphatic heterocycles. The van der Waals surface area contributed by atoms with Crippen LogP contribution in [0.1, 0.15) is 15.2 Å². The van der Waals surface area contributed by atoms with Crippen LogP contribution in [-0.4, -0.2) is 11.0 Å². The summed E-state index contributed by atoms with van der Waals surface area (Å²) < 4.78 is 6.14. The lowest BCUT2D eigenvalue weighted by Gasteiger charge is -2.03. The molecule has 2 heterocycles. The molecule has 4 nitrogen and oxygen atoms in total. The number of aromatic nitrogens is 1. The summed E-state index contributed by atoms with van der Waals surface area (Å²) in [6, 6.07) is 9.12. The summed E-state index contributed by atoms with van der Waals surface area (Å²) in [5.41, 5.74) is 6.96. The monoisotopic (exact) mass is 290 g/mol. The predicted octanol–water partition coefficient (Wildman–Crippen LogP) is 3.30. The first-order valence-corrected chi connectivity index (χ1v) is 7.27. The van der Waals surface area contributed by atoms with Crippen LogP contribution in [0.25, 0.3) is 10.2 Å². The molecule has 3 aromatic rings. The van der Waals surface area contributed by atoms with Crippen molar-refractivity contribution in [3.05, 3.63) is 46.2 Å². The molecule has 0 aliphatic rings. The Morgan fingerprint density at radius 2 is 2.26 bits per heavy atom. The zero-order chi connectivity index (χ0) is 13.2.